The number of amides is 1. The van der Waals surface area contributed by atoms with Gasteiger partial charge in [-0.15, -0.1) is 0 Å². The van der Waals surface area contributed by atoms with Crippen LogP contribution in [0.1, 0.15) is 43.2 Å². The van der Waals surface area contributed by atoms with Crippen LogP contribution in [0, 0.1) is 12.8 Å². The van der Waals surface area contributed by atoms with E-state index in [0.29, 0.717) is 5.92 Å². The summed E-state index contributed by atoms with van der Waals surface area (Å²) < 4.78 is 0. The van der Waals surface area contributed by atoms with Gasteiger partial charge >= 0.3 is 0 Å². The van der Waals surface area contributed by atoms with E-state index in [1.165, 1.54) is 24.0 Å². The smallest absolute Gasteiger partial charge is 0.242 e. The topological polar surface area (TPSA) is 46.3 Å². The van der Waals surface area contributed by atoms with Crippen LogP contribution in [-0.2, 0) is 11.2 Å². The van der Waals surface area contributed by atoms with Crippen LogP contribution in [0.15, 0.2) is 24.3 Å². The molecule has 21 heavy (non-hydrogen) atoms. The molecule has 1 heterocycles. The number of nitrogens with two attached hydrogens (primary N) is 1. The molecule has 3 heteroatoms. The van der Waals surface area contributed by atoms with Crippen molar-refractivity contribution in [3.8, 4) is 0 Å². The van der Waals surface area contributed by atoms with E-state index < -0.39 is 5.54 Å². The maximum Gasteiger partial charge on any atom is 0.242 e. The van der Waals surface area contributed by atoms with Crippen molar-refractivity contribution in [2.24, 2.45) is 11.7 Å². The number of carbonyl (C=O) groups is 1. The predicted octanol–water partition coefficient (Wildman–Crippen LogP) is 2.66. The molecular formula is C18H26N2O. The molecule has 3 rings (SSSR count). The molecule has 2 aliphatic rings. The van der Waals surface area contributed by atoms with Crippen molar-refractivity contribution in [1.82, 2.24) is 4.90 Å². The summed E-state index contributed by atoms with van der Waals surface area (Å²) in [5, 5.41) is 0. The van der Waals surface area contributed by atoms with Crippen molar-refractivity contribution < 1.29 is 4.79 Å². The molecule has 1 aromatic carbocycles. The van der Waals surface area contributed by atoms with E-state index in [-0.39, 0.29) is 5.91 Å². The number of likely N-dealkylation sites (tertiary alicyclic amines) is 1. The molecule has 1 saturated heterocycles. The van der Waals surface area contributed by atoms with E-state index in [9.17, 15) is 4.79 Å². The molecule has 114 valence electrons. The van der Waals surface area contributed by atoms with Crippen molar-refractivity contribution in [3.05, 3.63) is 35.4 Å². The van der Waals surface area contributed by atoms with E-state index in [1.54, 1.807) is 0 Å². The highest BCUT2D eigenvalue weighted by Gasteiger charge is 2.48. The zero-order chi connectivity index (χ0) is 14.9. The number of aryl methyl sites for hydroxylation is 2. The third kappa shape index (κ3) is 3.29. The lowest BCUT2D eigenvalue weighted by atomic mass is 9.90. The fraction of sp³-hybridized carbons (Fsp3) is 0.611. The van der Waals surface area contributed by atoms with Gasteiger partial charge in [0.25, 0.3) is 0 Å². The van der Waals surface area contributed by atoms with Gasteiger partial charge in [-0.25, -0.2) is 0 Å². The number of piperidine rings is 1. The lowest BCUT2D eigenvalue weighted by Gasteiger charge is -2.34. The molecule has 1 aromatic rings. The maximum atomic E-state index is 12.4. The van der Waals surface area contributed by atoms with Crippen molar-refractivity contribution in [2.45, 2.75) is 51.0 Å². The molecule has 1 saturated carbocycles. The second-order valence-corrected chi connectivity index (χ2v) is 6.88. The molecule has 0 radical (unpaired) electrons. The first-order chi connectivity index (χ1) is 10.1. The summed E-state index contributed by atoms with van der Waals surface area (Å²) in [6.45, 7) is 3.99. The summed E-state index contributed by atoms with van der Waals surface area (Å²) in [6, 6.07) is 8.61. The Morgan fingerprint density at radius 3 is 2.86 bits per heavy atom. The minimum Gasteiger partial charge on any atom is -0.341 e. The summed E-state index contributed by atoms with van der Waals surface area (Å²) >= 11 is 0. The fourth-order valence-corrected chi connectivity index (χ4v) is 3.40. The molecule has 2 fully saturated rings. The lowest BCUT2D eigenvalue weighted by Crippen LogP contribution is -2.49. The third-order valence-electron chi connectivity index (χ3n) is 5.10. The first-order valence-corrected chi connectivity index (χ1v) is 8.21. The van der Waals surface area contributed by atoms with Crippen LogP contribution < -0.4 is 5.73 Å². The molecule has 2 N–H and O–H groups in total. The Morgan fingerprint density at radius 2 is 2.14 bits per heavy atom. The van der Waals surface area contributed by atoms with Crippen LogP contribution in [0.3, 0.4) is 0 Å². The van der Waals surface area contributed by atoms with Crippen molar-refractivity contribution >= 4 is 5.91 Å². The standard InChI is InChI=1S/C18H26N2O/c1-14-5-2-3-7-16(14)9-8-15-6-4-12-20(13-15)17(21)18(19)10-11-18/h2-3,5,7,15H,4,6,8-13,19H2,1H3. The van der Waals surface area contributed by atoms with Gasteiger partial charge in [0.05, 0.1) is 5.54 Å². The minimum absolute atomic E-state index is 0.197. The first-order valence-electron chi connectivity index (χ1n) is 8.21. The molecule has 1 aliphatic carbocycles. The van der Waals surface area contributed by atoms with Crippen molar-refractivity contribution in [2.75, 3.05) is 13.1 Å². The summed E-state index contributed by atoms with van der Waals surface area (Å²) in [7, 11) is 0. The molecule has 0 spiro atoms. The van der Waals surface area contributed by atoms with Crippen LogP contribution in [0.5, 0.6) is 0 Å². The highest BCUT2D eigenvalue weighted by atomic mass is 16.2. The van der Waals surface area contributed by atoms with Gasteiger partial charge in [0, 0.05) is 13.1 Å². The molecule has 3 nitrogen and oxygen atoms in total. The second-order valence-electron chi connectivity index (χ2n) is 6.88. The largest absolute Gasteiger partial charge is 0.341 e. The first kappa shape index (κ1) is 14.6. The van der Waals surface area contributed by atoms with Gasteiger partial charge in [-0.3, -0.25) is 4.79 Å². The summed E-state index contributed by atoms with van der Waals surface area (Å²) in [4.78, 5) is 14.4. The van der Waals surface area contributed by atoms with E-state index in [2.05, 4.69) is 31.2 Å². The molecule has 1 atom stereocenters. The van der Waals surface area contributed by atoms with Gasteiger partial charge in [-0.2, -0.15) is 0 Å². The molecule has 0 bridgehead atoms. The monoisotopic (exact) mass is 286 g/mol. The predicted molar refractivity (Wildman–Crippen MR) is 85.0 cm³/mol. The lowest BCUT2D eigenvalue weighted by molar-refractivity contribution is -0.135. The van der Waals surface area contributed by atoms with Crippen molar-refractivity contribution in [1.29, 1.82) is 0 Å². The molecule has 1 unspecified atom stereocenters. The van der Waals surface area contributed by atoms with Gasteiger partial charge in [-0.1, -0.05) is 24.3 Å². The van der Waals surface area contributed by atoms with Crippen LogP contribution in [0.25, 0.3) is 0 Å². The van der Waals surface area contributed by atoms with Crippen LogP contribution >= 0.6 is 0 Å². The highest BCUT2D eigenvalue weighted by Crippen LogP contribution is 2.35. The SMILES string of the molecule is Cc1ccccc1CCC1CCCN(C(=O)C2(N)CC2)C1. The minimum atomic E-state index is -0.502. The number of hydrogen-bond acceptors (Lipinski definition) is 2. The Balaban J connectivity index is 1.54. The van der Waals surface area contributed by atoms with Gasteiger partial charge < -0.3 is 10.6 Å². The molecule has 1 amide bonds. The van der Waals surface area contributed by atoms with Crippen molar-refractivity contribution in [3.63, 3.8) is 0 Å². The highest BCUT2D eigenvalue weighted by molar-refractivity contribution is 5.89. The number of rotatable bonds is 4. The zero-order valence-electron chi connectivity index (χ0n) is 13.0. The van der Waals surface area contributed by atoms with Crippen LogP contribution in [-0.4, -0.2) is 29.4 Å². The number of hydrogen-bond donors (Lipinski definition) is 1. The number of benzene rings is 1. The zero-order valence-corrected chi connectivity index (χ0v) is 13.0. The maximum absolute atomic E-state index is 12.4. The average Bonchev–Trinajstić information content (AvgIpc) is 3.25. The Kier molecular flexibility index (Phi) is 4.03. The van der Waals surface area contributed by atoms with Crippen LogP contribution in [0.4, 0.5) is 0 Å². The Labute approximate surface area is 127 Å². The van der Waals surface area contributed by atoms with E-state index in [4.69, 9.17) is 5.73 Å². The van der Waals surface area contributed by atoms with Gasteiger partial charge in [0.2, 0.25) is 5.91 Å². The van der Waals surface area contributed by atoms with Gasteiger partial charge in [0.1, 0.15) is 0 Å². The third-order valence-corrected chi connectivity index (χ3v) is 5.10. The Bertz CT molecular complexity index is 522. The number of carbonyl (C=O) groups excluding carboxylic acids is 1. The summed E-state index contributed by atoms with van der Waals surface area (Å²) in [5.41, 5.74) is 8.38. The van der Waals surface area contributed by atoms with E-state index in [1.807, 2.05) is 4.90 Å². The Morgan fingerprint density at radius 1 is 1.38 bits per heavy atom. The summed E-state index contributed by atoms with van der Waals surface area (Å²) in [5.74, 6) is 0.827. The van der Waals surface area contributed by atoms with E-state index >= 15 is 0 Å². The normalized spacial score (nSPS) is 23.9. The molecular weight excluding hydrogens is 260 g/mol. The quantitative estimate of drug-likeness (QED) is 0.925. The van der Waals surface area contributed by atoms with Crippen LogP contribution in [0.2, 0.25) is 0 Å². The molecule has 1 aliphatic heterocycles. The number of nitrogens with zero attached hydrogens (tertiary/aromatic N) is 1. The second kappa shape index (κ2) is 5.80. The fourth-order valence-electron chi connectivity index (χ4n) is 3.40. The van der Waals surface area contributed by atoms with E-state index in [0.717, 1.165) is 38.8 Å². The average molecular weight is 286 g/mol. The van der Waals surface area contributed by atoms with Gasteiger partial charge in [-0.05, 0) is 62.5 Å². The van der Waals surface area contributed by atoms with Gasteiger partial charge in [0.15, 0.2) is 0 Å². The molecule has 0 aromatic heterocycles. The Hall–Kier alpha value is -1.35. The summed E-state index contributed by atoms with van der Waals surface area (Å²) in [6.07, 6.45) is 6.40.